The van der Waals surface area contributed by atoms with E-state index in [1.807, 2.05) is 45.0 Å². The Morgan fingerprint density at radius 2 is 1.83 bits per heavy atom. The van der Waals surface area contributed by atoms with Crippen molar-refractivity contribution in [3.05, 3.63) is 35.4 Å². The van der Waals surface area contributed by atoms with Crippen LogP contribution >= 0.6 is 0 Å². The molecular weight excluding hydrogens is 380 g/mol. The van der Waals surface area contributed by atoms with E-state index in [4.69, 9.17) is 9.47 Å². The largest absolute Gasteiger partial charge is 0.444 e. The molecule has 2 saturated heterocycles. The lowest BCUT2D eigenvalue weighted by Crippen LogP contribution is -2.54. The maximum Gasteiger partial charge on any atom is 0.410 e. The number of rotatable bonds is 2. The lowest BCUT2D eigenvalue weighted by molar-refractivity contribution is -0.185. The number of carbonyl (C=O) groups is 1. The van der Waals surface area contributed by atoms with Crippen molar-refractivity contribution >= 4 is 6.09 Å². The van der Waals surface area contributed by atoms with Crippen molar-refractivity contribution in [2.45, 2.75) is 69.6 Å². The number of carbonyl (C=O) groups excluding carboxylic acids is 1. The van der Waals surface area contributed by atoms with Gasteiger partial charge in [0.2, 0.25) is 5.92 Å². The first-order valence-corrected chi connectivity index (χ1v) is 10.2. The molecule has 1 N–H and O–H groups in total. The van der Waals surface area contributed by atoms with E-state index in [2.05, 4.69) is 0 Å². The molecule has 1 aromatic carbocycles. The minimum absolute atomic E-state index is 0.117. The van der Waals surface area contributed by atoms with Crippen LogP contribution in [-0.4, -0.2) is 47.4 Å². The van der Waals surface area contributed by atoms with Crippen molar-refractivity contribution in [2.75, 3.05) is 19.8 Å². The number of alkyl halides is 2. The molecule has 2 heterocycles. The van der Waals surface area contributed by atoms with Crippen molar-refractivity contribution < 1.29 is 28.2 Å². The van der Waals surface area contributed by atoms with Gasteiger partial charge in [-0.15, -0.1) is 0 Å². The normalized spacial score (nSPS) is 27.1. The molecular formula is C22H29F2NO4. The summed E-state index contributed by atoms with van der Waals surface area (Å²) in [6.07, 6.45) is 0.405. The zero-order valence-corrected chi connectivity index (χ0v) is 17.2. The summed E-state index contributed by atoms with van der Waals surface area (Å²) >= 11 is 0. The van der Waals surface area contributed by atoms with Crippen molar-refractivity contribution in [1.29, 1.82) is 0 Å². The zero-order valence-electron chi connectivity index (χ0n) is 17.2. The van der Waals surface area contributed by atoms with E-state index < -0.39 is 28.6 Å². The number of piperidine rings is 1. The smallest absolute Gasteiger partial charge is 0.410 e. The van der Waals surface area contributed by atoms with Crippen molar-refractivity contribution in [1.82, 2.24) is 4.90 Å². The second-order valence-corrected chi connectivity index (χ2v) is 10.00. The standard InChI is InChI=1S/C22H29F2NO4/c1-19(2,3)29-18(26)25-9-8-20(11-22(23,24)12-20)10-17(25)15-4-6-16(7-5-15)21(27)13-28-14-21/h4-7,17,27H,8-14H2,1-3H3. The molecule has 0 bridgehead atoms. The van der Waals surface area contributed by atoms with E-state index >= 15 is 0 Å². The third kappa shape index (κ3) is 3.99. The third-order valence-corrected chi connectivity index (χ3v) is 6.30. The van der Waals surface area contributed by atoms with Gasteiger partial charge in [-0.05, 0) is 50.2 Å². The number of aliphatic hydroxyl groups is 1. The highest BCUT2D eigenvalue weighted by Gasteiger charge is 2.59. The molecule has 3 aliphatic rings. The summed E-state index contributed by atoms with van der Waals surface area (Å²) in [5.41, 5.74) is -0.384. The number of nitrogens with zero attached hydrogens (tertiary/aromatic N) is 1. The number of likely N-dealkylation sites (tertiary alicyclic amines) is 1. The number of hydrogen-bond donors (Lipinski definition) is 1. The molecule has 7 heteroatoms. The summed E-state index contributed by atoms with van der Waals surface area (Å²) in [5, 5.41) is 10.4. The van der Waals surface area contributed by atoms with Crippen molar-refractivity contribution in [2.24, 2.45) is 5.41 Å². The molecule has 0 radical (unpaired) electrons. The molecule has 1 aliphatic carbocycles. The molecule has 160 valence electrons. The fraction of sp³-hybridized carbons (Fsp3) is 0.682. The molecule has 1 atom stereocenters. The summed E-state index contributed by atoms with van der Waals surface area (Å²) in [6.45, 7) is 6.36. The number of ether oxygens (including phenoxy) is 2. The molecule has 29 heavy (non-hydrogen) atoms. The third-order valence-electron chi connectivity index (χ3n) is 6.30. The van der Waals surface area contributed by atoms with Gasteiger partial charge in [0.05, 0.1) is 19.3 Å². The summed E-state index contributed by atoms with van der Waals surface area (Å²) in [7, 11) is 0. The van der Waals surface area contributed by atoms with E-state index in [1.54, 1.807) is 4.90 Å². The highest BCUT2D eigenvalue weighted by atomic mass is 19.3. The number of benzene rings is 1. The Morgan fingerprint density at radius 1 is 1.21 bits per heavy atom. The van der Waals surface area contributed by atoms with Gasteiger partial charge in [-0.1, -0.05) is 24.3 Å². The SMILES string of the molecule is CC(C)(C)OC(=O)N1CCC2(CC1c1ccc(C3(O)COC3)cc1)CC(F)(F)C2. The van der Waals surface area contributed by atoms with Gasteiger partial charge < -0.3 is 19.5 Å². The average Bonchev–Trinajstić information content (AvgIpc) is 2.56. The predicted octanol–water partition coefficient (Wildman–Crippen LogP) is 4.39. The Balaban J connectivity index is 1.58. The van der Waals surface area contributed by atoms with Crippen LogP contribution in [0.4, 0.5) is 13.6 Å². The molecule has 4 rings (SSSR count). The lowest BCUT2D eigenvalue weighted by Gasteiger charge is -2.54. The van der Waals surface area contributed by atoms with Crippen molar-refractivity contribution in [3.8, 4) is 0 Å². The summed E-state index contributed by atoms with van der Waals surface area (Å²) in [4.78, 5) is 14.5. The first kappa shape index (κ1) is 20.5. The van der Waals surface area contributed by atoms with Gasteiger partial charge in [0.25, 0.3) is 0 Å². The fourth-order valence-corrected chi connectivity index (χ4v) is 4.82. The first-order chi connectivity index (χ1) is 13.4. The van der Waals surface area contributed by atoms with Gasteiger partial charge in [0.15, 0.2) is 0 Å². The highest BCUT2D eigenvalue weighted by Crippen LogP contribution is 2.60. The Kier molecular flexibility index (Phi) is 4.70. The summed E-state index contributed by atoms with van der Waals surface area (Å²) in [6, 6.07) is 7.10. The maximum absolute atomic E-state index is 13.7. The fourth-order valence-electron chi connectivity index (χ4n) is 4.82. The molecule has 1 amide bonds. The number of amides is 1. The molecule has 2 aliphatic heterocycles. The summed E-state index contributed by atoms with van der Waals surface area (Å²) in [5.74, 6) is -2.60. The highest BCUT2D eigenvalue weighted by molar-refractivity contribution is 5.69. The molecule has 1 aromatic rings. The van der Waals surface area contributed by atoms with E-state index in [1.165, 1.54) is 0 Å². The molecule has 1 unspecified atom stereocenters. The molecule has 5 nitrogen and oxygen atoms in total. The second-order valence-electron chi connectivity index (χ2n) is 10.00. The van der Waals surface area contributed by atoms with Crippen LogP contribution in [0.2, 0.25) is 0 Å². The van der Waals surface area contributed by atoms with E-state index in [-0.39, 0.29) is 32.1 Å². The first-order valence-electron chi connectivity index (χ1n) is 10.2. The van der Waals surface area contributed by atoms with Crippen LogP contribution in [-0.2, 0) is 15.1 Å². The van der Waals surface area contributed by atoms with Crippen LogP contribution in [0, 0.1) is 5.41 Å². The van der Waals surface area contributed by atoms with Crippen LogP contribution in [0.3, 0.4) is 0 Å². The van der Waals surface area contributed by atoms with Gasteiger partial charge in [-0.3, -0.25) is 0 Å². The topological polar surface area (TPSA) is 59.0 Å². The van der Waals surface area contributed by atoms with Crippen molar-refractivity contribution in [3.63, 3.8) is 0 Å². The van der Waals surface area contributed by atoms with Gasteiger partial charge in [-0.2, -0.15) is 0 Å². The maximum atomic E-state index is 13.7. The number of hydrogen-bond acceptors (Lipinski definition) is 4. The minimum atomic E-state index is -2.60. The van der Waals surface area contributed by atoms with Crippen LogP contribution in [0.1, 0.15) is 63.6 Å². The Labute approximate surface area is 170 Å². The second kappa shape index (κ2) is 6.64. The molecule has 0 aromatic heterocycles. The zero-order chi connectivity index (χ0) is 21.1. The van der Waals surface area contributed by atoms with Crippen LogP contribution in [0.5, 0.6) is 0 Å². The van der Waals surface area contributed by atoms with E-state index in [9.17, 15) is 18.7 Å². The van der Waals surface area contributed by atoms with Gasteiger partial charge >= 0.3 is 6.09 Å². The molecule has 3 fully saturated rings. The van der Waals surface area contributed by atoms with Crippen LogP contribution < -0.4 is 0 Å². The molecule has 1 spiro atoms. The Hall–Kier alpha value is -1.73. The molecule has 1 saturated carbocycles. The van der Waals surface area contributed by atoms with Crippen LogP contribution in [0.25, 0.3) is 0 Å². The van der Waals surface area contributed by atoms with E-state index in [0.29, 0.717) is 19.4 Å². The number of halogens is 2. The van der Waals surface area contributed by atoms with E-state index in [0.717, 1.165) is 11.1 Å². The Bertz CT molecular complexity index is 775. The lowest BCUT2D eigenvalue weighted by atomic mass is 9.59. The minimum Gasteiger partial charge on any atom is -0.444 e. The Morgan fingerprint density at radius 3 is 2.31 bits per heavy atom. The van der Waals surface area contributed by atoms with Gasteiger partial charge in [-0.25, -0.2) is 13.6 Å². The van der Waals surface area contributed by atoms with Gasteiger partial charge in [0.1, 0.15) is 11.2 Å². The quantitative estimate of drug-likeness (QED) is 0.787. The monoisotopic (exact) mass is 409 g/mol. The van der Waals surface area contributed by atoms with Crippen LogP contribution in [0.15, 0.2) is 24.3 Å². The van der Waals surface area contributed by atoms with Gasteiger partial charge in [0, 0.05) is 19.4 Å². The predicted molar refractivity (Wildman–Crippen MR) is 103 cm³/mol. The summed E-state index contributed by atoms with van der Waals surface area (Å²) < 4.78 is 38.0. The average molecular weight is 409 g/mol.